The highest BCUT2D eigenvalue weighted by Crippen LogP contribution is 2.17. The van der Waals surface area contributed by atoms with Crippen molar-refractivity contribution in [3.05, 3.63) is 29.8 Å². The molecule has 0 aliphatic heterocycles. The Morgan fingerprint density at radius 3 is 2.53 bits per heavy atom. The molecule has 0 bridgehead atoms. The van der Waals surface area contributed by atoms with Crippen LogP contribution in [0.5, 0.6) is 0 Å². The molecule has 0 amide bonds. The first-order valence-electron chi connectivity index (χ1n) is 6.53. The van der Waals surface area contributed by atoms with Crippen molar-refractivity contribution in [2.75, 3.05) is 13.6 Å². The topological polar surface area (TPSA) is 54.5 Å². The maximum absolute atomic E-state index is 12.3. The summed E-state index contributed by atoms with van der Waals surface area (Å²) in [5.41, 5.74) is 0.451. The van der Waals surface area contributed by atoms with Crippen molar-refractivity contribution in [2.24, 2.45) is 0 Å². The van der Waals surface area contributed by atoms with Crippen molar-refractivity contribution in [3.8, 4) is 0 Å². The van der Waals surface area contributed by atoms with Gasteiger partial charge in [-0.2, -0.15) is 0 Å². The van der Waals surface area contributed by atoms with Gasteiger partial charge in [0.25, 0.3) is 0 Å². The van der Waals surface area contributed by atoms with Gasteiger partial charge in [0.1, 0.15) is 0 Å². The van der Waals surface area contributed by atoms with Crippen LogP contribution in [0.1, 0.15) is 43.5 Å². The van der Waals surface area contributed by atoms with Crippen LogP contribution in [0.25, 0.3) is 0 Å². The van der Waals surface area contributed by atoms with Gasteiger partial charge in [-0.25, -0.2) is 12.7 Å². The summed E-state index contributed by atoms with van der Waals surface area (Å²) in [5, 5.41) is 0. The summed E-state index contributed by atoms with van der Waals surface area (Å²) >= 11 is 0. The van der Waals surface area contributed by atoms with Gasteiger partial charge >= 0.3 is 0 Å². The van der Waals surface area contributed by atoms with Crippen molar-refractivity contribution in [2.45, 2.75) is 38.0 Å². The molecule has 5 heteroatoms. The molecule has 0 N–H and O–H groups in total. The van der Waals surface area contributed by atoms with E-state index in [0.29, 0.717) is 18.5 Å². The van der Waals surface area contributed by atoms with E-state index >= 15 is 0 Å². The van der Waals surface area contributed by atoms with Gasteiger partial charge in [0.15, 0.2) is 5.78 Å². The molecule has 0 unspecified atom stereocenters. The summed E-state index contributed by atoms with van der Waals surface area (Å²) < 4.78 is 26.0. The molecule has 0 saturated heterocycles. The molecule has 1 aromatic carbocycles. The molecule has 1 rings (SSSR count). The highest BCUT2D eigenvalue weighted by molar-refractivity contribution is 7.89. The van der Waals surface area contributed by atoms with Crippen LogP contribution in [-0.4, -0.2) is 32.1 Å². The molecule has 0 saturated carbocycles. The standard InChI is InChI=1S/C14H21NO3S/c1-4-6-10-15(3)19(17,18)13-9-7-8-12(11-13)14(16)5-2/h7-9,11H,4-6,10H2,1-3H3. The number of carbonyl (C=O) groups is 1. The van der Waals surface area contributed by atoms with E-state index in [0.717, 1.165) is 12.8 Å². The maximum atomic E-state index is 12.3. The molecule has 0 heterocycles. The van der Waals surface area contributed by atoms with Gasteiger partial charge in [0.2, 0.25) is 10.0 Å². The van der Waals surface area contributed by atoms with E-state index < -0.39 is 10.0 Å². The Morgan fingerprint density at radius 1 is 1.26 bits per heavy atom. The number of hydrogen-bond acceptors (Lipinski definition) is 3. The summed E-state index contributed by atoms with van der Waals surface area (Å²) in [4.78, 5) is 11.8. The van der Waals surface area contributed by atoms with Crippen LogP contribution in [0.2, 0.25) is 0 Å². The number of hydrogen-bond donors (Lipinski definition) is 0. The lowest BCUT2D eigenvalue weighted by atomic mass is 10.1. The Labute approximate surface area is 115 Å². The van der Waals surface area contributed by atoms with Crippen LogP contribution in [0.4, 0.5) is 0 Å². The van der Waals surface area contributed by atoms with Crippen molar-refractivity contribution >= 4 is 15.8 Å². The summed E-state index contributed by atoms with van der Waals surface area (Å²) in [6.07, 6.45) is 2.13. The monoisotopic (exact) mass is 283 g/mol. The Hall–Kier alpha value is -1.20. The molecule has 4 nitrogen and oxygen atoms in total. The third-order valence-electron chi connectivity index (χ3n) is 3.01. The molecule has 0 aromatic heterocycles. The van der Waals surface area contributed by atoms with Gasteiger partial charge in [-0.3, -0.25) is 4.79 Å². The van der Waals surface area contributed by atoms with Crippen LogP contribution in [0.15, 0.2) is 29.2 Å². The highest BCUT2D eigenvalue weighted by atomic mass is 32.2. The minimum Gasteiger partial charge on any atom is -0.294 e. The second-order valence-electron chi connectivity index (χ2n) is 4.48. The molecule has 0 fully saturated rings. The van der Waals surface area contributed by atoms with Gasteiger partial charge in [0.05, 0.1) is 4.90 Å². The molecule has 19 heavy (non-hydrogen) atoms. The second-order valence-corrected chi connectivity index (χ2v) is 6.53. The Bertz CT molecular complexity index is 537. The van der Waals surface area contributed by atoms with Crippen molar-refractivity contribution in [1.29, 1.82) is 0 Å². The van der Waals surface area contributed by atoms with Crippen molar-refractivity contribution in [1.82, 2.24) is 4.31 Å². The lowest BCUT2D eigenvalue weighted by Crippen LogP contribution is -2.28. The van der Waals surface area contributed by atoms with E-state index in [1.54, 1.807) is 26.1 Å². The van der Waals surface area contributed by atoms with Gasteiger partial charge in [-0.05, 0) is 18.6 Å². The molecule has 0 aliphatic carbocycles. The van der Waals surface area contributed by atoms with E-state index in [4.69, 9.17) is 0 Å². The third-order valence-corrected chi connectivity index (χ3v) is 4.86. The van der Waals surface area contributed by atoms with E-state index in [1.165, 1.54) is 16.4 Å². The molecule has 106 valence electrons. The number of benzene rings is 1. The van der Waals surface area contributed by atoms with Crippen LogP contribution in [-0.2, 0) is 10.0 Å². The number of unbranched alkanes of at least 4 members (excludes halogenated alkanes) is 1. The second kappa shape index (κ2) is 6.82. The molecule has 0 spiro atoms. The molecule has 1 aromatic rings. The normalized spacial score (nSPS) is 11.8. The number of Topliss-reactive ketones (excluding diaryl/α,β-unsaturated/α-hetero) is 1. The first-order chi connectivity index (χ1) is 8.93. The summed E-state index contributed by atoms with van der Waals surface area (Å²) in [6, 6.07) is 6.26. The zero-order valence-corrected chi connectivity index (χ0v) is 12.5. The number of carbonyl (C=O) groups excluding carboxylic acids is 1. The smallest absolute Gasteiger partial charge is 0.242 e. The van der Waals surface area contributed by atoms with Gasteiger partial charge in [-0.15, -0.1) is 0 Å². The summed E-state index contributed by atoms with van der Waals surface area (Å²) in [6.45, 7) is 4.27. The predicted molar refractivity (Wildman–Crippen MR) is 75.8 cm³/mol. The average molecular weight is 283 g/mol. The molecule has 0 atom stereocenters. The van der Waals surface area contributed by atoms with Crippen LogP contribution >= 0.6 is 0 Å². The largest absolute Gasteiger partial charge is 0.294 e. The molecular weight excluding hydrogens is 262 g/mol. The number of sulfonamides is 1. The van der Waals surface area contributed by atoms with Crippen LogP contribution in [0, 0.1) is 0 Å². The summed E-state index contributed by atoms with van der Waals surface area (Å²) in [7, 11) is -1.93. The minimum atomic E-state index is -3.49. The predicted octanol–water partition coefficient (Wildman–Crippen LogP) is 2.70. The first-order valence-corrected chi connectivity index (χ1v) is 7.97. The number of nitrogens with zero attached hydrogens (tertiary/aromatic N) is 1. The van der Waals surface area contributed by atoms with Gasteiger partial charge in [-0.1, -0.05) is 32.4 Å². The maximum Gasteiger partial charge on any atom is 0.242 e. The fraction of sp³-hybridized carbons (Fsp3) is 0.500. The molecular formula is C14H21NO3S. The third kappa shape index (κ3) is 3.88. The lowest BCUT2D eigenvalue weighted by Gasteiger charge is -2.17. The highest BCUT2D eigenvalue weighted by Gasteiger charge is 2.21. The first kappa shape index (κ1) is 15.9. The fourth-order valence-electron chi connectivity index (χ4n) is 1.72. The summed E-state index contributed by atoms with van der Waals surface area (Å²) in [5.74, 6) is -0.0479. The molecule has 0 radical (unpaired) electrons. The zero-order chi connectivity index (χ0) is 14.5. The number of rotatable bonds is 7. The van der Waals surface area contributed by atoms with Crippen LogP contribution < -0.4 is 0 Å². The van der Waals surface area contributed by atoms with E-state index in [9.17, 15) is 13.2 Å². The lowest BCUT2D eigenvalue weighted by molar-refractivity contribution is 0.0988. The minimum absolute atomic E-state index is 0.0479. The fourth-order valence-corrected chi connectivity index (χ4v) is 2.97. The Morgan fingerprint density at radius 2 is 1.95 bits per heavy atom. The van der Waals surface area contributed by atoms with E-state index in [2.05, 4.69) is 0 Å². The SMILES string of the molecule is CCCCN(C)S(=O)(=O)c1cccc(C(=O)CC)c1. The van der Waals surface area contributed by atoms with E-state index in [1.807, 2.05) is 6.92 Å². The quantitative estimate of drug-likeness (QED) is 0.723. The van der Waals surface area contributed by atoms with Gasteiger partial charge < -0.3 is 0 Å². The Balaban J connectivity index is 3.04. The van der Waals surface area contributed by atoms with E-state index in [-0.39, 0.29) is 10.7 Å². The zero-order valence-electron chi connectivity index (χ0n) is 11.7. The van der Waals surface area contributed by atoms with Crippen molar-refractivity contribution < 1.29 is 13.2 Å². The average Bonchev–Trinajstić information content (AvgIpc) is 2.43. The number of ketones is 1. The Kier molecular flexibility index (Phi) is 5.69. The van der Waals surface area contributed by atoms with Crippen molar-refractivity contribution in [3.63, 3.8) is 0 Å². The molecule has 0 aliphatic rings. The van der Waals surface area contributed by atoms with Crippen LogP contribution in [0.3, 0.4) is 0 Å². The van der Waals surface area contributed by atoms with Gasteiger partial charge in [0, 0.05) is 25.6 Å².